The molecule has 2 aromatic carbocycles. The molecule has 94 valence electrons. The van der Waals surface area contributed by atoms with E-state index in [-0.39, 0.29) is 5.92 Å². The molecule has 0 heterocycles. The molecule has 0 N–H and O–H groups in total. The summed E-state index contributed by atoms with van der Waals surface area (Å²) in [6.45, 7) is 4.14. The van der Waals surface area contributed by atoms with E-state index in [1.54, 1.807) is 0 Å². The van der Waals surface area contributed by atoms with E-state index in [2.05, 4.69) is 13.8 Å². The first kappa shape index (κ1) is 13.1. The second-order valence-electron chi connectivity index (χ2n) is 4.72. The van der Waals surface area contributed by atoms with Crippen molar-refractivity contribution in [3.8, 4) is 0 Å². The van der Waals surface area contributed by atoms with E-state index in [9.17, 15) is 4.57 Å². The highest BCUT2D eigenvalue weighted by atomic mass is 31.2. The van der Waals surface area contributed by atoms with E-state index in [1.165, 1.54) is 0 Å². The lowest BCUT2D eigenvalue weighted by atomic mass is 10.3. The minimum absolute atomic E-state index is 0.288. The molecule has 2 heteroatoms. The van der Waals surface area contributed by atoms with Crippen molar-refractivity contribution in [3.63, 3.8) is 0 Å². The zero-order chi connectivity index (χ0) is 13.0. The predicted octanol–water partition coefficient (Wildman–Crippen LogP) is 3.82. The van der Waals surface area contributed by atoms with Crippen molar-refractivity contribution in [2.75, 3.05) is 0 Å². The Hall–Kier alpha value is -1.33. The third-order valence-corrected chi connectivity index (χ3v) is 5.93. The van der Waals surface area contributed by atoms with Crippen LogP contribution in [0.1, 0.15) is 13.8 Å². The van der Waals surface area contributed by atoms with Crippen LogP contribution >= 0.6 is 7.14 Å². The summed E-state index contributed by atoms with van der Waals surface area (Å²) in [6.07, 6.45) is 1.98. The van der Waals surface area contributed by atoms with E-state index >= 15 is 0 Å². The SMILES string of the molecule is CC(C)[CH-]P(=O)(c1ccccc1)c1ccccc1. The average molecular weight is 257 g/mol. The minimum Gasteiger partial charge on any atom is -0.348 e. The van der Waals surface area contributed by atoms with Crippen LogP contribution in [0.2, 0.25) is 0 Å². The molecule has 2 aromatic rings. The summed E-state index contributed by atoms with van der Waals surface area (Å²) in [5.41, 5.74) is 0. The van der Waals surface area contributed by atoms with Crippen molar-refractivity contribution < 1.29 is 4.57 Å². The average Bonchev–Trinajstić information content (AvgIpc) is 2.40. The molecule has 0 saturated heterocycles. The van der Waals surface area contributed by atoms with Gasteiger partial charge in [-0.3, -0.25) is 6.16 Å². The first-order valence-electron chi connectivity index (χ1n) is 6.20. The van der Waals surface area contributed by atoms with Crippen LogP contribution in [0.4, 0.5) is 0 Å². The van der Waals surface area contributed by atoms with E-state index in [0.29, 0.717) is 0 Å². The molecule has 0 unspecified atom stereocenters. The van der Waals surface area contributed by atoms with Crippen molar-refractivity contribution in [2.24, 2.45) is 5.92 Å². The van der Waals surface area contributed by atoms with Gasteiger partial charge in [-0.05, 0) is 10.6 Å². The monoisotopic (exact) mass is 257 g/mol. The first-order valence-corrected chi connectivity index (χ1v) is 7.97. The molecule has 0 bridgehead atoms. The normalized spacial score (nSPS) is 11.7. The Balaban J connectivity index is 2.52. The van der Waals surface area contributed by atoms with Gasteiger partial charge in [-0.1, -0.05) is 74.5 Å². The molecule has 0 amide bonds. The molecule has 0 aliphatic rings. The van der Waals surface area contributed by atoms with Crippen molar-refractivity contribution in [2.45, 2.75) is 13.8 Å². The third-order valence-electron chi connectivity index (χ3n) is 2.79. The minimum atomic E-state index is -2.61. The molecule has 0 saturated carbocycles. The Morgan fingerprint density at radius 1 is 0.833 bits per heavy atom. The molecule has 0 aromatic heterocycles. The maximum absolute atomic E-state index is 13.4. The summed E-state index contributed by atoms with van der Waals surface area (Å²) >= 11 is 0. The second-order valence-corrected chi connectivity index (χ2v) is 7.37. The molecule has 0 spiro atoms. The standard InChI is InChI=1S/C16H18OP/c1-14(2)13-18(17,15-9-5-3-6-10-15)16-11-7-4-8-12-16/h3-14H,1-2H3/q-1. The zero-order valence-electron chi connectivity index (χ0n) is 10.8. The van der Waals surface area contributed by atoms with Gasteiger partial charge in [0.05, 0.1) is 0 Å². The summed E-state index contributed by atoms with van der Waals surface area (Å²) in [6, 6.07) is 19.5. The summed E-state index contributed by atoms with van der Waals surface area (Å²) in [5, 5.41) is 1.81. The van der Waals surface area contributed by atoms with Gasteiger partial charge in [-0.25, -0.2) is 0 Å². The van der Waals surface area contributed by atoms with Crippen LogP contribution in [0.5, 0.6) is 0 Å². The molecular formula is C16H18OP-. The van der Waals surface area contributed by atoms with Crippen LogP contribution in [-0.4, -0.2) is 0 Å². The summed E-state index contributed by atoms with van der Waals surface area (Å²) in [7, 11) is -2.61. The smallest absolute Gasteiger partial charge is 0.0104 e. The maximum atomic E-state index is 13.4. The summed E-state index contributed by atoms with van der Waals surface area (Å²) in [5.74, 6) is 0.288. The van der Waals surface area contributed by atoms with Crippen LogP contribution in [0.25, 0.3) is 0 Å². The number of benzene rings is 2. The van der Waals surface area contributed by atoms with Crippen molar-refractivity contribution >= 4 is 17.8 Å². The largest absolute Gasteiger partial charge is 0.348 e. The third kappa shape index (κ3) is 2.73. The van der Waals surface area contributed by atoms with Crippen molar-refractivity contribution in [1.29, 1.82) is 0 Å². The molecular weight excluding hydrogens is 239 g/mol. The van der Waals surface area contributed by atoms with Gasteiger partial charge in [-0.2, -0.15) is 5.92 Å². The Morgan fingerprint density at radius 3 is 1.56 bits per heavy atom. The molecule has 0 atom stereocenters. The molecule has 1 nitrogen and oxygen atoms in total. The van der Waals surface area contributed by atoms with Gasteiger partial charge in [0.15, 0.2) is 0 Å². The Morgan fingerprint density at radius 2 is 1.22 bits per heavy atom. The van der Waals surface area contributed by atoms with Gasteiger partial charge in [0.25, 0.3) is 0 Å². The Bertz CT molecular complexity index is 488. The quantitative estimate of drug-likeness (QED) is 0.601. The fourth-order valence-corrected chi connectivity index (χ4v) is 4.75. The van der Waals surface area contributed by atoms with Gasteiger partial charge >= 0.3 is 0 Å². The Kier molecular flexibility index (Phi) is 4.04. The van der Waals surface area contributed by atoms with Crippen molar-refractivity contribution in [1.82, 2.24) is 0 Å². The Labute approximate surface area is 109 Å². The van der Waals surface area contributed by atoms with E-state index in [4.69, 9.17) is 0 Å². The van der Waals surface area contributed by atoms with E-state index < -0.39 is 7.14 Å². The van der Waals surface area contributed by atoms with Gasteiger partial charge < -0.3 is 4.57 Å². The molecule has 0 aliphatic heterocycles. The van der Waals surface area contributed by atoms with Crippen LogP contribution in [-0.2, 0) is 4.57 Å². The van der Waals surface area contributed by atoms with Crippen molar-refractivity contribution in [3.05, 3.63) is 66.8 Å². The van der Waals surface area contributed by atoms with Crippen LogP contribution in [0.15, 0.2) is 60.7 Å². The highest BCUT2D eigenvalue weighted by Gasteiger charge is 2.18. The van der Waals surface area contributed by atoms with Gasteiger partial charge in [0.2, 0.25) is 0 Å². The van der Waals surface area contributed by atoms with E-state index in [0.717, 1.165) is 10.6 Å². The fourth-order valence-electron chi connectivity index (χ4n) is 2.04. The van der Waals surface area contributed by atoms with Gasteiger partial charge in [0.1, 0.15) is 0 Å². The number of hydrogen-bond acceptors (Lipinski definition) is 1. The number of hydrogen-bond donors (Lipinski definition) is 0. The molecule has 18 heavy (non-hydrogen) atoms. The van der Waals surface area contributed by atoms with Gasteiger partial charge in [0, 0.05) is 7.14 Å². The molecule has 2 rings (SSSR count). The highest BCUT2D eigenvalue weighted by molar-refractivity contribution is 7.80. The van der Waals surface area contributed by atoms with Gasteiger partial charge in [-0.15, -0.1) is 0 Å². The lowest BCUT2D eigenvalue weighted by molar-refractivity contribution is 0.586. The van der Waals surface area contributed by atoms with Crippen LogP contribution < -0.4 is 10.6 Å². The topological polar surface area (TPSA) is 17.1 Å². The zero-order valence-corrected chi connectivity index (χ0v) is 11.7. The highest BCUT2D eigenvalue weighted by Crippen LogP contribution is 2.48. The molecule has 0 fully saturated rings. The predicted molar refractivity (Wildman–Crippen MR) is 78.9 cm³/mol. The first-order chi connectivity index (χ1) is 8.63. The summed E-state index contributed by atoms with van der Waals surface area (Å²) in [4.78, 5) is 0. The van der Waals surface area contributed by atoms with Crippen LogP contribution in [0, 0.1) is 12.1 Å². The second kappa shape index (κ2) is 5.54. The van der Waals surface area contributed by atoms with E-state index in [1.807, 2.05) is 66.8 Å². The molecule has 0 radical (unpaired) electrons. The molecule has 0 aliphatic carbocycles. The fraction of sp³-hybridized carbons (Fsp3) is 0.188. The van der Waals surface area contributed by atoms with Crippen LogP contribution in [0.3, 0.4) is 0 Å². The summed E-state index contributed by atoms with van der Waals surface area (Å²) < 4.78 is 13.4. The lowest BCUT2D eigenvalue weighted by Crippen LogP contribution is -2.17. The number of rotatable bonds is 4. The maximum Gasteiger partial charge on any atom is 0.0104 e. The lowest BCUT2D eigenvalue weighted by Gasteiger charge is -2.31.